The number of benzene rings is 1. The summed E-state index contributed by atoms with van der Waals surface area (Å²) in [6.07, 6.45) is 9.28. The van der Waals surface area contributed by atoms with Crippen LogP contribution in [0.5, 0.6) is 11.5 Å². The molecule has 1 spiro atoms. The molecule has 4 nitrogen and oxygen atoms in total. The highest BCUT2D eigenvalue weighted by molar-refractivity contribution is 6.01. The van der Waals surface area contributed by atoms with E-state index >= 15 is 0 Å². The zero-order valence-corrected chi connectivity index (χ0v) is 12.8. The van der Waals surface area contributed by atoms with Gasteiger partial charge >= 0.3 is 0 Å². The number of hydrogen-bond donors (Lipinski definition) is 1. The average Bonchev–Trinajstić information content (AvgIpc) is 2.86. The molecule has 0 aromatic heterocycles. The Kier molecular flexibility index (Phi) is 2.91. The van der Waals surface area contributed by atoms with E-state index in [2.05, 4.69) is 11.4 Å². The van der Waals surface area contributed by atoms with Crippen LogP contribution in [0.4, 0.5) is 0 Å². The minimum Gasteiger partial charge on any atom is -0.493 e. The Hall–Kier alpha value is -2.07. The normalized spacial score (nSPS) is 23.7. The minimum atomic E-state index is -0.278. The van der Waals surface area contributed by atoms with Crippen LogP contribution in [0.2, 0.25) is 0 Å². The quantitative estimate of drug-likeness (QED) is 0.909. The van der Waals surface area contributed by atoms with E-state index in [9.17, 15) is 4.79 Å². The van der Waals surface area contributed by atoms with Crippen molar-refractivity contribution in [3.63, 3.8) is 0 Å². The minimum absolute atomic E-state index is 0.0422. The van der Waals surface area contributed by atoms with E-state index in [1.807, 2.05) is 12.2 Å². The molecule has 2 aliphatic carbocycles. The van der Waals surface area contributed by atoms with E-state index in [-0.39, 0.29) is 11.2 Å². The lowest BCUT2D eigenvalue weighted by molar-refractivity contribution is -0.110. The van der Waals surface area contributed by atoms with Gasteiger partial charge in [-0.15, -0.1) is 0 Å². The van der Waals surface area contributed by atoms with E-state index in [0.717, 1.165) is 36.4 Å². The van der Waals surface area contributed by atoms with Crippen molar-refractivity contribution < 1.29 is 14.3 Å². The number of ether oxygens (including phenoxy) is 2. The van der Waals surface area contributed by atoms with Crippen LogP contribution < -0.4 is 14.8 Å². The van der Waals surface area contributed by atoms with Gasteiger partial charge in [-0.2, -0.15) is 0 Å². The summed E-state index contributed by atoms with van der Waals surface area (Å²) in [5.41, 5.74) is 3.53. The van der Waals surface area contributed by atoms with Gasteiger partial charge in [-0.1, -0.05) is 12.2 Å². The van der Waals surface area contributed by atoms with Crippen molar-refractivity contribution >= 4 is 5.78 Å². The third kappa shape index (κ3) is 1.70. The molecule has 3 aliphatic rings. The number of allylic oxidation sites excluding steroid dienone is 4. The summed E-state index contributed by atoms with van der Waals surface area (Å²) < 4.78 is 11.3. The number of fused-ring (bicyclic) bond motifs is 1. The largest absolute Gasteiger partial charge is 0.493 e. The number of rotatable bonds is 2. The Morgan fingerprint density at radius 2 is 2.00 bits per heavy atom. The van der Waals surface area contributed by atoms with Gasteiger partial charge in [0.05, 0.1) is 14.2 Å². The van der Waals surface area contributed by atoms with Gasteiger partial charge in [0.25, 0.3) is 0 Å². The summed E-state index contributed by atoms with van der Waals surface area (Å²) in [4.78, 5) is 11.6. The molecule has 1 atom stereocenters. The van der Waals surface area contributed by atoms with Crippen LogP contribution in [0, 0.1) is 0 Å². The summed E-state index contributed by atoms with van der Waals surface area (Å²) in [6, 6.07) is 2.41. The first kappa shape index (κ1) is 13.6. The van der Waals surface area contributed by atoms with Gasteiger partial charge in [0, 0.05) is 17.0 Å². The standard InChI is InChI=1S/C18H19NO3/c1-21-14-9-11-5-8-19-13-10-18(6-3-12(20)4-7-18)16(15(11)13)17(14)22-2/h3-4,6-7,9,13,19H,5,8,10H2,1-2H3/t13-/m1/s1. The predicted octanol–water partition coefficient (Wildman–Crippen LogP) is 2.23. The molecule has 0 unspecified atom stereocenters. The Morgan fingerprint density at radius 1 is 1.23 bits per heavy atom. The summed E-state index contributed by atoms with van der Waals surface area (Å²) >= 11 is 0. The third-order valence-electron chi connectivity index (χ3n) is 5.03. The van der Waals surface area contributed by atoms with Gasteiger partial charge < -0.3 is 14.8 Å². The van der Waals surface area contributed by atoms with Gasteiger partial charge in [-0.25, -0.2) is 0 Å². The van der Waals surface area contributed by atoms with Crippen molar-refractivity contribution in [2.24, 2.45) is 0 Å². The first-order chi connectivity index (χ1) is 10.7. The highest BCUT2D eigenvalue weighted by atomic mass is 16.5. The smallest absolute Gasteiger partial charge is 0.178 e. The maximum atomic E-state index is 11.6. The number of carbonyl (C=O) groups excluding carboxylic acids is 1. The molecule has 0 fully saturated rings. The SMILES string of the molecule is COc1cc2c3c(c1OC)C1(C=CC(=O)C=C1)C[C@H]3NCC2. The van der Waals surface area contributed by atoms with Crippen molar-refractivity contribution in [1.29, 1.82) is 0 Å². The van der Waals surface area contributed by atoms with Crippen LogP contribution in [0.1, 0.15) is 29.2 Å². The molecule has 22 heavy (non-hydrogen) atoms. The number of hydrogen-bond acceptors (Lipinski definition) is 4. The van der Waals surface area contributed by atoms with Gasteiger partial charge in [-0.05, 0) is 48.7 Å². The Balaban J connectivity index is 2.01. The fourth-order valence-corrected chi connectivity index (χ4v) is 4.10. The summed E-state index contributed by atoms with van der Waals surface area (Å²) in [5.74, 6) is 1.61. The van der Waals surface area contributed by atoms with Gasteiger partial charge in [0.2, 0.25) is 0 Å². The molecule has 1 aromatic rings. The molecule has 4 heteroatoms. The van der Waals surface area contributed by atoms with Crippen molar-refractivity contribution in [1.82, 2.24) is 5.32 Å². The van der Waals surface area contributed by atoms with Crippen LogP contribution in [-0.2, 0) is 16.6 Å². The second-order valence-corrected chi connectivity index (χ2v) is 6.13. The van der Waals surface area contributed by atoms with Crippen LogP contribution in [0.15, 0.2) is 30.4 Å². The lowest BCUT2D eigenvalue weighted by Gasteiger charge is -2.27. The van der Waals surface area contributed by atoms with Crippen molar-refractivity contribution in [2.75, 3.05) is 20.8 Å². The molecule has 1 N–H and O–H groups in total. The maximum absolute atomic E-state index is 11.6. The van der Waals surface area contributed by atoms with Crippen LogP contribution >= 0.6 is 0 Å². The first-order valence-corrected chi connectivity index (χ1v) is 7.62. The fourth-order valence-electron chi connectivity index (χ4n) is 4.10. The molecular formula is C18H19NO3. The Labute approximate surface area is 129 Å². The molecule has 1 heterocycles. The second-order valence-electron chi connectivity index (χ2n) is 6.13. The number of nitrogens with one attached hydrogen (secondary N) is 1. The van der Waals surface area contributed by atoms with Crippen LogP contribution in [-0.4, -0.2) is 26.5 Å². The Morgan fingerprint density at radius 3 is 2.68 bits per heavy atom. The maximum Gasteiger partial charge on any atom is 0.178 e. The van der Waals surface area contributed by atoms with Gasteiger partial charge in [0.15, 0.2) is 17.3 Å². The van der Waals surface area contributed by atoms with Crippen molar-refractivity contribution in [3.05, 3.63) is 47.1 Å². The zero-order valence-electron chi connectivity index (χ0n) is 12.8. The molecule has 1 aliphatic heterocycles. The van der Waals surface area contributed by atoms with Crippen LogP contribution in [0.3, 0.4) is 0 Å². The molecule has 1 aromatic carbocycles. The average molecular weight is 297 g/mol. The summed E-state index contributed by atoms with van der Waals surface area (Å²) in [6.45, 7) is 0.967. The highest BCUT2D eigenvalue weighted by Gasteiger charge is 2.46. The lowest BCUT2D eigenvalue weighted by Crippen LogP contribution is -2.28. The van der Waals surface area contributed by atoms with E-state index in [4.69, 9.17) is 9.47 Å². The molecule has 0 saturated carbocycles. The summed E-state index contributed by atoms with van der Waals surface area (Å²) in [5, 5.41) is 3.60. The van der Waals surface area contributed by atoms with E-state index in [1.54, 1.807) is 26.4 Å². The third-order valence-corrected chi connectivity index (χ3v) is 5.03. The highest BCUT2D eigenvalue weighted by Crippen LogP contribution is 2.56. The zero-order chi connectivity index (χ0) is 15.3. The molecular weight excluding hydrogens is 278 g/mol. The number of carbonyl (C=O) groups is 1. The van der Waals surface area contributed by atoms with E-state index in [1.165, 1.54) is 11.1 Å². The number of methoxy groups -OCH3 is 2. The fraction of sp³-hybridized carbons (Fsp3) is 0.389. The lowest BCUT2D eigenvalue weighted by atomic mass is 9.77. The van der Waals surface area contributed by atoms with E-state index < -0.39 is 0 Å². The number of ketones is 1. The second kappa shape index (κ2) is 4.71. The molecule has 114 valence electrons. The molecule has 0 bridgehead atoms. The van der Waals surface area contributed by atoms with Crippen molar-refractivity contribution in [2.45, 2.75) is 24.3 Å². The van der Waals surface area contributed by atoms with Crippen LogP contribution in [0.25, 0.3) is 0 Å². The van der Waals surface area contributed by atoms with E-state index in [0.29, 0.717) is 6.04 Å². The molecule has 4 rings (SSSR count). The van der Waals surface area contributed by atoms with Crippen molar-refractivity contribution in [3.8, 4) is 11.5 Å². The van der Waals surface area contributed by atoms with Gasteiger partial charge in [-0.3, -0.25) is 4.79 Å². The Bertz CT molecular complexity index is 702. The van der Waals surface area contributed by atoms with Gasteiger partial charge in [0.1, 0.15) is 0 Å². The molecule has 0 radical (unpaired) electrons. The summed E-state index contributed by atoms with van der Waals surface area (Å²) in [7, 11) is 3.35. The predicted molar refractivity (Wildman–Crippen MR) is 83.6 cm³/mol. The molecule has 0 saturated heterocycles. The molecule has 0 amide bonds. The first-order valence-electron chi connectivity index (χ1n) is 7.62. The monoisotopic (exact) mass is 297 g/mol. The topological polar surface area (TPSA) is 47.6 Å².